The molecule has 7 heteroatoms. The van der Waals surface area contributed by atoms with Crippen LogP contribution in [0.4, 0.5) is 8.78 Å². The summed E-state index contributed by atoms with van der Waals surface area (Å²) in [5.41, 5.74) is 0. The number of nitrogens with zero attached hydrogens (tertiary/aromatic N) is 3. The highest BCUT2D eigenvalue weighted by Gasteiger charge is 2.50. The van der Waals surface area contributed by atoms with E-state index in [1.54, 1.807) is 0 Å². The van der Waals surface area contributed by atoms with Crippen molar-refractivity contribution in [2.24, 2.45) is 5.92 Å². The maximum absolute atomic E-state index is 14.0. The molecule has 1 saturated heterocycles. The predicted molar refractivity (Wildman–Crippen MR) is 81.5 cm³/mol. The standard InChI is InChI=1S/C17H23F2N3O2/c18-17(19)9-13(16-21-20-15(24-16)12-6-7-12)22(10-17)14(23)8-11-4-2-1-3-5-11/h11-13H,1-10H2/t13-/m0/s1. The molecule has 0 N–H and O–H groups in total. The van der Waals surface area contributed by atoms with Crippen LogP contribution in [0.1, 0.15) is 81.5 Å². The summed E-state index contributed by atoms with van der Waals surface area (Å²) in [6, 6.07) is -0.781. The van der Waals surface area contributed by atoms with Gasteiger partial charge in [-0.3, -0.25) is 4.79 Å². The molecule has 0 bridgehead atoms. The Kier molecular flexibility index (Phi) is 4.04. The minimum atomic E-state index is -2.89. The second-order valence-electron chi connectivity index (χ2n) is 7.56. The van der Waals surface area contributed by atoms with E-state index in [0.717, 1.165) is 38.5 Å². The maximum Gasteiger partial charge on any atom is 0.267 e. The first kappa shape index (κ1) is 16.0. The van der Waals surface area contributed by atoms with Crippen LogP contribution in [0.15, 0.2) is 4.42 Å². The number of hydrogen-bond donors (Lipinski definition) is 0. The number of likely N-dealkylation sites (tertiary alicyclic amines) is 1. The van der Waals surface area contributed by atoms with Crippen LogP contribution in [-0.4, -0.2) is 33.5 Å². The van der Waals surface area contributed by atoms with E-state index in [-0.39, 0.29) is 17.7 Å². The van der Waals surface area contributed by atoms with Crippen LogP contribution in [0, 0.1) is 5.92 Å². The van der Waals surface area contributed by atoms with E-state index < -0.39 is 24.9 Å². The molecule has 1 amide bonds. The molecule has 0 radical (unpaired) electrons. The Balaban J connectivity index is 1.48. The van der Waals surface area contributed by atoms with Gasteiger partial charge < -0.3 is 9.32 Å². The smallest absolute Gasteiger partial charge is 0.267 e. The molecule has 4 rings (SSSR count). The summed E-state index contributed by atoms with van der Waals surface area (Å²) in [5.74, 6) is -1.78. The van der Waals surface area contributed by atoms with Gasteiger partial charge >= 0.3 is 0 Å². The topological polar surface area (TPSA) is 59.2 Å². The number of carbonyl (C=O) groups is 1. The molecule has 2 saturated carbocycles. The minimum absolute atomic E-state index is 0.172. The third-order valence-corrected chi connectivity index (χ3v) is 5.45. The molecule has 1 aliphatic heterocycles. The molecule has 2 heterocycles. The quantitative estimate of drug-likeness (QED) is 0.836. The molecule has 3 fully saturated rings. The molecule has 0 spiro atoms. The third kappa shape index (κ3) is 3.30. The first-order valence-electron chi connectivity index (χ1n) is 9.02. The van der Waals surface area contributed by atoms with Gasteiger partial charge in [0.2, 0.25) is 17.7 Å². The van der Waals surface area contributed by atoms with E-state index in [9.17, 15) is 13.6 Å². The van der Waals surface area contributed by atoms with Gasteiger partial charge in [0.15, 0.2) is 0 Å². The molecule has 1 atom stereocenters. The van der Waals surface area contributed by atoms with Crippen molar-refractivity contribution in [2.75, 3.05) is 6.54 Å². The number of halogens is 2. The second-order valence-corrected chi connectivity index (χ2v) is 7.56. The number of rotatable bonds is 4. The van der Waals surface area contributed by atoms with E-state index in [1.165, 1.54) is 11.3 Å². The Morgan fingerprint density at radius 1 is 1.12 bits per heavy atom. The highest BCUT2D eigenvalue weighted by molar-refractivity contribution is 5.77. The van der Waals surface area contributed by atoms with Gasteiger partial charge in [0.05, 0.1) is 6.54 Å². The first-order chi connectivity index (χ1) is 11.5. The van der Waals surface area contributed by atoms with Crippen molar-refractivity contribution < 1.29 is 18.0 Å². The monoisotopic (exact) mass is 339 g/mol. The lowest BCUT2D eigenvalue weighted by atomic mass is 9.86. The Labute approximate surface area is 139 Å². The van der Waals surface area contributed by atoms with Crippen LogP contribution >= 0.6 is 0 Å². The molecule has 24 heavy (non-hydrogen) atoms. The molecule has 132 valence electrons. The third-order valence-electron chi connectivity index (χ3n) is 5.45. The fraction of sp³-hybridized carbons (Fsp3) is 0.824. The number of carbonyl (C=O) groups excluding carboxylic acids is 1. The fourth-order valence-corrected chi connectivity index (χ4v) is 3.93. The molecular weight excluding hydrogens is 316 g/mol. The second kappa shape index (κ2) is 6.08. The van der Waals surface area contributed by atoms with E-state index in [4.69, 9.17) is 4.42 Å². The highest BCUT2D eigenvalue weighted by atomic mass is 19.3. The van der Waals surface area contributed by atoms with Gasteiger partial charge in [-0.25, -0.2) is 8.78 Å². The SMILES string of the molecule is O=C(CC1CCCCC1)N1CC(F)(F)C[C@H]1c1nnc(C2CC2)o1. The van der Waals surface area contributed by atoms with Gasteiger partial charge in [0, 0.05) is 18.8 Å². The summed E-state index contributed by atoms with van der Waals surface area (Å²) in [7, 11) is 0. The average Bonchev–Trinajstić information content (AvgIpc) is 3.19. The first-order valence-corrected chi connectivity index (χ1v) is 9.02. The summed E-state index contributed by atoms with van der Waals surface area (Å²) < 4.78 is 33.5. The van der Waals surface area contributed by atoms with Crippen LogP contribution < -0.4 is 0 Å². The summed E-state index contributed by atoms with van der Waals surface area (Å²) in [5, 5.41) is 7.94. The lowest BCUT2D eigenvalue weighted by Gasteiger charge is -2.26. The summed E-state index contributed by atoms with van der Waals surface area (Å²) in [6.07, 6.45) is 7.46. The van der Waals surface area contributed by atoms with Crippen molar-refractivity contribution >= 4 is 5.91 Å². The molecule has 5 nitrogen and oxygen atoms in total. The fourth-order valence-electron chi connectivity index (χ4n) is 3.93. The van der Waals surface area contributed by atoms with Gasteiger partial charge in [-0.05, 0) is 31.6 Å². The number of amides is 1. The van der Waals surface area contributed by atoms with Gasteiger partial charge in [0.25, 0.3) is 5.92 Å². The Morgan fingerprint density at radius 3 is 2.54 bits per heavy atom. The lowest BCUT2D eigenvalue weighted by Crippen LogP contribution is -2.34. The van der Waals surface area contributed by atoms with Gasteiger partial charge in [0.1, 0.15) is 6.04 Å². The van der Waals surface area contributed by atoms with Crippen molar-refractivity contribution in [1.29, 1.82) is 0 Å². The normalized spacial score (nSPS) is 27.6. The predicted octanol–water partition coefficient (Wildman–Crippen LogP) is 3.83. The number of alkyl halides is 2. The van der Waals surface area contributed by atoms with Crippen molar-refractivity contribution in [2.45, 2.75) is 75.7 Å². The van der Waals surface area contributed by atoms with Crippen molar-refractivity contribution in [3.05, 3.63) is 11.8 Å². The average molecular weight is 339 g/mol. The molecule has 0 aromatic carbocycles. The maximum atomic E-state index is 14.0. The van der Waals surface area contributed by atoms with Crippen LogP contribution in [0.2, 0.25) is 0 Å². The van der Waals surface area contributed by atoms with Crippen LogP contribution in [0.5, 0.6) is 0 Å². The van der Waals surface area contributed by atoms with Crippen molar-refractivity contribution in [1.82, 2.24) is 15.1 Å². The van der Waals surface area contributed by atoms with E-state index in [2.05, 4.69) is 10.2 Å². The van der Waals surface area contributed by atoms with Crippen LogP contribution in [0.25, 0.3) is 0 Å². The van der Waals surface area contributed by atoms with Crippen LogP contribution in [0.3, 0.4) is 0 Å². The minimum Gasteiger partial charge on any atom is -0.423 e. The lowest BCUT2D eigenvalue weighted by molar-refractivity contribution is -0.135. The molecule has 3 aliphatic rings. The number of aromatic nitrogens is 2. The molecular formula is C17H23F2N3O2. The largest absolute Gasteiger partial charge is 0.423 e. The van der Waals surface area contributed by atoms with E-state index in [1.807, 2.05) is 0 Å². The Bertz CT molecular complexity index is 609. The molecule has 0 unspecified atom stereocenters. The van der Waals surface area contributed by atoms with Gasteiger partial charge in [-0.15, -0.1) is 10.2 Å². The number of hydrogen-bond acceptors (Lipinski definition) is 4. The van der Waals surface area contributed by atoms with E-state index in [0.29, 0.717) is 18.2 Å². The Morgan fingerprint density at radius 2 is 1.83 bits per heavy atom. The zero-order valence-electron chi connectivity index (χ0n) is 13.7. The Hall–Kier alpha value is -1.53. The zero-order valence-corrected chi connectivity index (χ0v) is 13.7. The van der Waals surface area contributed by atoms with Crippen molar-refractivity contribution in [3.8, 4) is 0 Å². The highest BCUT2D eigenvalue weighted by Crippen LogP contribution is 2.44. The van der Waals surface area contributed by atoms with Gasteiger partial charge in [-0.1, -0.05) is 19.3 Å². The van der Waals surface area contributed by atoms with Crippen molar-refractivity contribution in [3.63, 3.8) is 0 Å². The molecule has 1 aromatic rings. The zero-order chi connectivity index (χ0) is 16.7. The summed E-state index contributed by atoms with van der Waals surface area (Å²) >= 11 is 0. The molecule has 2 aliphatic carbocycles. The van der Waals surface area contributed by atoms with Gasteiger partial charge in [-0.2, -0.15) is 0 Å². The summed E-state index contributed by atoms with van der Waals surface area (Å²) in [6.45, 7) is -0.537. The molecule has 1 aromatic heterocycles. The van der Waals surface area contributed by atoms with Crippen LogP contribution in [-0.2, 0) is 4.79 Å². The van der Waals surface area contributed by atoms with E-state index >= 15 is 0 Å². The summed E-state index contributed by atoms with van der Waals surface area (Å²) in [4.78, 5) is 13.9.